The monoisotopic (exact) mass is 602 g/mol. The lowest BCUT2D eigenvalue weighted by atomic mass is 10.0. The second-order valence-electron chi connectivity index (χ2n) is 10.4. The summed E-state index contributed by atoms with van der Waals surface area (Å²) in [5, 5.41) is 12.1. The number of nitrogens with zero attached hydrogens (tertiary/aromatic N) is 4. The number of non-ortho nitro benzene ring substituents is 1. The Labute approximate surface area is 251 Å². The van der Waals surface area contributed by atoms with Crippen LogP contribution in [0, 0.1) is 10.1 Å². The first-order valence-electron chi connectivity index (χ1n) is 14.0. The third-order valence-corrected chi connectivity index (χ3v) is 8.85. The minimum atomic E-state index is -0.584. The van der Waals surface area contributed by atoms with Crippen molar-refractivity contribution in [1.29, 1.82) is 0 Å². The maximum atomic E-state index is 13.9. The molecule has 11 nitrogen and oxygen atoms in total. The van der Waals surface area contributed by atoms with Crippen LogP contribution in [0.2, 0.25) is 0 Å². The van der Waals surface area contributed by atoms with Gasteiger partial charge in [0.2, 0.25) is 0 Å². The van der Waals surface area contributed by atoms with Crippen LogP contribution in [0.5, 0.6) is 5.75 Å². The van der Waals surface area contributed by atoms with E-state index in [4.69, 9.17) is 19.2 Å². The van der Waals surface area contributed by atoms with Gasteiger partial charge in [0.1, 0.15) is 5.75 Å². The Morgan fingerprint density at radius 2 is 1.84 bits per heavy atom. The molecule has 12 heteroatoms. The van der Waals surface area contributed by atoms with Crippen molar-refractivity contribution in [1.82, 2.24) is 14.5 Å². The van der Waals surface area contributed by atoms with Crippen LogP contribution < -0.4 is 10.3 Å². The summed E-state index contributed by atoms with van der Waals surface area (Å²) >= 11 is 1.30. The third kappa shape index (κ3) is 5.99. The Morgan fingerprint density at radius 3 is 2.58 bits per heavy atom. The van der Waals surface area contributed by atoms with Crippen molar-refractivity contribution >= 4 is 34.3 Å². The Kier molecular flexibility index (Phi) is 8.15. The van der Waals surface area contributed by atoms with E-state index in [0.29, 0.717) is 72.3 Å². The van der Waals surface area contributed by atoms with Crippen LogP contribution in [-0.4, -0.2) is 64.5 Å². The number of rotatable bonds is 8. The predicted molar refractivity (Wildman–Crippen MR) is 161 cm³/mol. The maximum absolute atomic E-state index is 13.9. The number of fused-ring (bicyclic) bond motifs is 1. The first-order valence-corrected chi connectivity index (χ1v) is 14.9. The number of ether oxygens (including phenoxy) is 3. The molecule has 6 rings (SSSR count). The van der Waals surface area contributed by atoms with Crippen LogP contribution in [0.4, 0.5) is 5.69 Å². The quantitative estimate of drug-likeness (QED) is 0.123. The van der Waals surface area contributed by atoms with Crippen molar-refractivity contribution in [3.8, 4) is 5.75 Å². The van der Waals surface area contributed by atoms with Gasteiger partial charge >= 0.3 is 0 Å². The Hall–Kier alpha value is -4.26. The maximum Gasteiger partial charge on any atom is 0.269 e. The number of thioether (sulfide) groups is 1. The molecular weight excluding hydrogens is 572 g/mol. The zero-order valence-corrected chi connectivity index (χ0v) is 24.4. The molecule has 2 aliphatic heterocycles. The Morgan fingerprint density at radius 1 is 1.07 bits per heavy atom. The van der Waals surface area contributed by atoms with Gasteiger partial charge in [-0.1, -0.05) is 42.1 Å². The molecule has 43 heavy (non-hydrogen) atoms. The number of carbonyl (C=O) groups is 1. The van der Waals surface area contributed by atoms with Crippen LogP contribution >= 0.6 is 11.8 Å². The van der Waals surface area contributed by atoms with Gasteiger partial charge < -0.3 is 19.1 Å². The van der Waals surface area contributed by atoms with E-state index >= 15 is 0 Å². The van der Waals surface area contributed by atoms with E-state index in [-0.39, 0.29) is 23.7 Å². The van der Waals surface area contributed by atoms with Crippen molar-refractivity contribution < 1.29 is 23.9 Å². The molecule has 0 bridgehead atoms. The molecule has 2 saturated heterocycles. The molecule has 0 unspecified atom stereocenters. The molecule has 0 N–H and O–H groups in total. The van der Waals surface area contributed by atoms with Crippen LogP contribution in [0.25, 0.3) is 10.9 Å². The Bertz CT molecular complexity index is 1740. The van der Waals surface area contributed by atoms with Crippen LogP contribution in [-0.2, 0) is 21.8 Å². The summed E-state index contributed by atoms with van der Waals surface area (Å²) in [6, 6.07) is 18.8. The van der Waals surface area contributed by atoms with Gasteiger partial charge in [0.25, 0.3) is 17.2 Å². The smallest absolute Gasteiger partial charge is 0.269 e. The topological polar surface area (TPSA) is 126 Å². The second kappa shape index (κ2) is 12.2. The molecule has 222 valence electrons. The minimum Gasteiger partial charge on any atom is -0.496 e. The van der Waals surface area contributed by atoms with E-state index < -0.39 is 10.7 Å². The second-order valence-corrected chi connectivity index (χ2v) is 11.4. The molecule has 3 aromatic carbocycles. The third-order valence-electron chi connectivity index (χ3n) is 7.80. The van der Waals surface area contributed by atoms with E-state index in [2.05, 4.69) is 0 Å². The summed E-state index contributed by atoms with van der Waals surface area (Å²) in [4.78, 5) is 44.8. The minimum absolute atomic E-state index is 0.00572. The molecule has 1 spiro atoms. The predicted octanol–water partition coefficient (Wildman–Crippen LogP) is 4.63. The standard InChI is InChI=1S/C31H30N4O7S/c1-40-27-8-3-2-6-23(27)19-34-29(37)25-10-9-22(28(36)33-13-11-31(12-14-33)41-15-16-42-31)18-26(25)32-30(34)43-20-21-5-4-7-24(17-21)35(38)39/h2-10,17-18H,11-16,19-20H2,1H3. The molecule has 1 amide bonds. The van der Waals surface area contributed by atoms with Gasteiger partial charge in [-0.3, -0.25) is 24.3 Å². The van der Waals surface area contributed by atoms with E-state index in [9.17, 15) is 19.7 Å². The highest BCUT2D eigenvalue weighted by atomic mass is 32.2. The molecule has 0 radical (unpaired) electrons. The molecule has 0 aliphatic carbocycles. The SMILES string of the molecule is COc1ccccc1Cn1c(SCc2cccc([N+](=O)[O-])c2)nc2cc(C(=O)N3CCC4(CC3)OCCO4)ccc2c1=O. The lowest BCUT2D eigenvalue weighted by Crippen LogP contribution is -2.47. The number of aromatic nitrogens is 2. The van der Waals surface area contributed by atoms with Crippen molar-refractivity contribution in [2.24, 2.45) is 0 Å². The first kappa shape index (κ1) is 28.8. The highest BCUT2D eigenvalue weighted by Crippen LogP contribution is 2.32. The summed E-state index contributed by atoms with van der Waals surface area (Å²) in [5.74, 6) is 0.269. The van der Waals surface area contributed by atoms with Crippen molar-refractivity contribution in [2.75, 3.05) is 33.4 Å². The number of amides is 1. The van der Waals surface area contributed by atoms with Gasteiger partial charge in [-0.25, -0.2) is 4.98 Å². The highest BCUT2D eigenvalue weighted by Gasteiger charge is 2.40. The molecule has 1 aromatic heterocycles. The zero-order chi connectivity index (χ0) is 30.0. The number of para-hydroxylation sites is 1. The summed E-state index contributed by atoms with van der Waals surface area (Å²) < 4.78 is 18.7. The lowest BCUT2D eigenvalue weighted by Gasteiger charge is -2.37. The normalized spacial score (nSPS) is 16.1. The van der Waals surface area contributed by atoms with Gasteiger partial charge in [-0.05, 0) is 29.8 Å². The van der Waals surface area contributed by atoms with Crippen molar-refractivity contribution in [3.63, 3.8) is 0 Å². The fraction of sp³-hybridized carbons (Fsp3) is 0.323. The van der Waals surface area contributed by atoms with Crippen molar-refractivity contribution in [3.05, 3.63) is 104 Å². The van der Waals surface area contributed by atoms with Gasteiger partial charge in [-0.2, -0.15) is 0 Å². The average molecular weight is 603 g/mol. The number of nitro benzene ring substituents is 1. The van der Waals surface area contributed by atoms with E-state index in [1.165, 1.54) is 23.9 Å². The zero-order valence-electron chi connectivity index (χ0n) is 23.6. The molecule has 3 heterocycles. The number of methoxy groups -OCH3 is 1. The average Bonchev–Trinajstić information content (AvgIpc) is 3.49. The van der Waals surface area contributed by atoms with Crippen molar-refractivity contribution in [2.45, 2.75) is 36.1 Å². The van der Waals surface area contributed by atoms with E-state index in [1.807, 2.05) is 24.3 Å². The summed E-state index contributed by atoms with van der Waals surface area (Å²) in [6.07, 6.45) is 1.22. The van der Waals surface area contributed by atoms with E-state index in [0.717, 1.165) is 11.1 Å². The molecule has 0 atom stereocenters. The number of piperidine rings is 1. The van der Waals surface area contributed by atoms with Crippen LogP contribution in [0.3, 0.4) is 0 Å². The summed E-state index contributed by atoms with van der Waals surface area (Å²) in [7, 11) is 1.58. The number of nitro groups is 1. The molecule has 4 aromatic rings. The largest absolute Gasteiger partial charge is 0.496 e. The van der Waals surface area contributed by atoms with E-state index in [1.54, 1.807) is 46.9 Å². The van der Waals surface area contributed by atoms with Gasteiger partial charge in [0.15, 0.2) is 10.9 Å². The van der Waals surface area contributed by atoms with Crippen LogP contribution in [0.1, 0.15) is 34.3 Å². The fourth-order valence-corrected chi connectivity index (χ4v) is 6.46. The summed E-state index contributed by atoms with van der Waals surface area (Å²) in [5.41, 5.74) is 2.11. The number of benzene rings is 3. The lowest BCUT2D eigenvalue weighted by molar-refractivity contribution is -0.384. The fourth-order valence-electron chi connectivity index (χ4n) is 5.51. The van der Waals surface area contributed by atoms with Gasteiger partial charge in [0, 0.05) is 54.9 Å². The molecule has 2 fully saturated rings. The first-order chi connectivity index (χ1) is 20.9. The van der Waals surface area contributed by atoms with Crippen LogP contribution in [0.15, 0.2) is 76.7 Å². The number of hydrogen-bond donors (Lipinski definition) is 0. The van der Waals surface area contributed by atoms with Gasteiger partial charge in [0.05, 0.1) is 42.7 Å². The molecule has 2 aliphatic rings. The number of carbonyl (C=O) groups excluding carboxylic acids is 1. The number of hydrogen-bond acceptors (Lipinski definition) is 9. The number of likely N-dealkylation sites (tertiary alicyclic amines) is 1. The van der Waals surface area contributed by atoms with Gasteiger partial charge in [-0.15, -0.1) is 0 Å². The molecule has 0 saturated carbocycles. The Balaban J connectivity index is 1.33. The summed E-state index contributed by atoms with van der Waals surface area (Å²) in [6.45, 7) is 2.37. The highest BCUT2D eigenvalue weighted by molar-refractivity contribution is 7.98. The molecular formula is C31H30N4O7S.